The van der Waals surface area contributed by atoms with E-state index >= 15 is 0 Å². The number of thiazole rings is 1. The minimum atomic E-state index is -0.0370. The molecule has 166 valence electrons. The molecular weight excluding hydrogens is 431 g/mol. The molecule has 0 aliphatic carbocycles. The second-order valence-corrected chi connectivity index (χ2v) is 9.46. The third kappa shape index (κ3) is 7.09. The van der Waals surface area contributed by atoms with Crippen LogP contribution in [0.4, 0.5) is 0 Å². The zero-order valence-corrected chi connectivity index (χ0v) is 20.0. The normalized spacial score (nSPS) is 21.4. The number of nitrogens with one attached hydrogen (secondary N) is 2. The summed E-state index contributed by atoms with van der Waals surface area (Å²) in [4.78, 5) is 32.7. The molecular formula is C20H34Cl2N4O2S. The molecule has 3 heterocycles. The SMILES string of the molecule is Cc1nc(CC(C)C)c(C(=O)N2CCCC(CNC(=O)C3CCCN3)C2)s1.Cl.Cl. The summed E-state index contributed by atoms with van der Waals surface area (Å²) in [5, 5.41) is 7.28. The van der Waals surface area contributed by atoms with Crippen molar-refractivity contribution in [1.29, 1.82) is 0 Å². The fourth-order valence-corrected chi connectivity index (χ4v) is 4.91. The van der Waals surface area contributed by atoms with E-state index < -0.39 is 0 Å². The molecule has 2 amide bonds. The van der Waals surface area contributed by atoms with Crippen molar-refractivity contribution in [3.8, 4) is 0 Å². The van der Waals surface area contributed by atoms with E-state index in [2.05, 4.69) is 29.5 Å². The van der Waals surface area contributed by atoms with E-state index in [1.165, 1.54) is 11.3 Å². The summed E-state index contributed by atoms with van der Waals surface area (Å²) in [6, 6.07) is -0.0370. The lowest BCUT2D eigenvalue weighted by Gasteiger charge is -2.33. The number of aryl methyl sites for hydroxylation is 1. The number of nitrogens with zero attached hydrogens (tertiary/aromatic N) is 2. The largest absolute Gasteiger partial charge is 0.354 e. The highest BCUT2D eigenvalue weighted by atomic mass is 35.5. The van der Waals surface area contributed by atoms with Gasteiger partial charge >= 0.3 is 0 Å². The number of rotatable bonds is 6. The monoisotopic (exact) mass is 464 g/mol. The number of carbonyl (C=O) groups is 2. The Morgan fingerprint density at radius 3 is 2.69 bits per heavy atom. The van der Waals surface area contributed by atoms with Crippen LogP contribution in [0.2, 0.25) is 0 Å². The van der Waals surface area contributed by atoms with Crippen LogP contribution in [0.25, 0.3) is 0 Å². The molecule has 0 radical (unpaired) electrons. The maximum Gasteiger partial charge on any atom is 0.265 e. The van der Waals surface area contributed by atoms with Gasteiger partial charge in [0.25, 0.3) is 5.91 Å². The number of carbonyl (C=O) groups excluding carboxylic acids is 2. The fourth-order valence-electron chi connectivity index (χ4n) is 4.00. The Kier molecular flexibility index (Phi) is 10.9. The van der Waals surface area contributed by atoms with Crippen LogP contribution in [0.5, 0.6) is 0 Å². The first-order chi connectivity index (χ1) is 12.9. The van der Waals surface area contributed by atoms with E-state index in [9.17, 15) is 9.59 Å². The van der Waals surface area contributed by atoms with Crippen LogP contribution in [0, 0.1) is 18.8 Å². The summed E-state index contributed by atoms with van der Waals surface area (Å²) in [6.07, 6.45) is 4.88. The quantitative estimate of drug-likeness (QED) is 0.677. The van der Waals surface area contributed by atoms with Gasteiger partial charge < -0.3 is 15.5 Å². The van der Waals surface area contributed by atoms with Crippen LogP contribution < -0.4 is 10.6 Å². The summed E-state index contributed by atoms with van der Waals surface area (Å²) < 4.78 is 0. The first kappa shape index (κ1) is 26.1. The molecule has 3 rings (SSSR count). The van der Waals surface area contributed by atoms with Crippen LogP contribution in [0.3, 0.4) is 0 Å². The van der Waals surface area contributed by atoms with Crippen molar-refractivity contribution in [2.24, 2.45) is 11.8 Å². The van der Waals surface area contributed by atoms with E-state index in [-0.39, 0.29) is 42.7 Å². The van der Waals surface area contributed by atoms with Crippen molar-refractivity contribution in [1.82, 2.24) is 20.5 Å². The van der Waals surface area contributed by atoms with E-state index in [1.54, 1.807) is 0 Å². The van der Waals surface area contributed by atoms with Crippen molar-refractivity contribution in [3.05, 3.63) is 15.6 Å². The zero-order valence-electron chi connectivity index (χ0n) is 17.5. The number of halogens is 2. The molecule has 29 heavy (non-hydrogen) atoms. The van der Waals surface area contributed by atoms with Gasteiger partial charge in [-0.15, -0.1) is 36.2 Å². The minimum absolute atomic E-state index is 0. The van der Waals surface area contributed by atoms with Gasteiger partial charge in [-0.1, -0.05) is 13.8 Å². The van der Waals surface area contributed by atoms with Gasteiger partial charge in [-0.25, -0.2) is 4.98 Å². The molecule has 0 aromatic carbocycles. The fraction of sp³-hybridized carbons (Fsp3) is 0.750. The molecule has 0 spiro atoms. The van der Waals surface area contributed by atoms with Crippen LogP contribution in [-0.2, 0) is 11.2 Å². The van der Waals surface area contributed by atoms with Gasteiger partial charge in [0.2, 0.25) is 5.91 Å². The second kappa shape index (κ2) is 12.1. The van der Waals surface area contributed by atoms with Gasteiger partial charge in [0, 0.05) is 19.6 Å². The summed E-state index contributed by atoms with van der Waals surface area (Å²) in [5.74, 6) is 1.03. The van der Waals surface area contributed by atoms with Crippen LogP contribution in [0.1, 0.15) is 59.9 Å². The molecule has 2 N–H and O–H groups in total. The molecule has 2 saturated heterocycles. The average Bonchev–Trinajstić information content (AvgIpc) is 3.29. The van der Waals surface area contributed by atoms with Crippen LogP contribution >= 0.6 is 36.2 Å². The lowest BCUT2D eigenvalue weighted by molar-refractivity contribution is -0.123. The molecule has 9 heteroatoms. The Morgan fingerprint density at radius 1 is 1.28 bits per heavy atom. The molecule has 0 saturated carbocycles. The Balaban J connectivity index is 0.00000210. The Bertz CT molecular complexity index is 677. The number of likely N-dealkylation sites (tertiary alicyclic amines) is 1. The number of amides is 2. The van der Waals surface area contributed by atoms with Crippen LogP contribution in [0.15, 0.2) is 0 Å². The van der Waals surface area contributed by atoms with E-state index in [0.29, 0.717) is 18.4 Å². The highest BCUT2D eigenvalue weighted by Crippen LogP contribution is 2.25. The number of hydrogen-bond acceptors (Lipinski definition) is 5. The van der Waals surface area contributed by atoms with Gasteiger partial charge in [0.15, 0.2) is 0 Å². The first-order valence-electron chi connectivity index (χ1n) is 10.2. The maximum absolute atomic E-state index is 13.1. The molecule has 2 fully saturated rings. The minimum Gasteiger partial charge on any atom is -0.354 e. The Labute approximate surface area is 190 Å². The standard InChI is InChI=1S/C20H32N4O2S.2ClH/c1-13(2)10-17-18(27-14(3)23-17)20(26)24-9-5-6-15(12-24)11-22-19(25)16-7-4-8-21-16;;/h13,15-16,21H,4-12H2,1-3H3,(H,22,25);2*1H. The number of piperidine rings is 1. The lowest BCUT2D eigenvalue weighted by Crippen LogP contribution is -2.46. The Morgan fingerprint density at radius 2 is 2.03 bits per heavy atom. The number of aromatic nitrogens is 1. The topological polar surface area (TPSA) is 74.3 Å². The van der Waals surface area contributed by atoms with Crippen molar-refractivity contribution in [2.75, 3.05) is 26.2 Å². The smallest absolute Gasteiger partial charge is 0.265 e. The predicted octanol–water partition coefficient (Wildman–Crippen LogP) is 3.21. The number of hydrogen-bond donors (Lipinski definition) is 2. The van der Waals surface area contributed by atoms with Crippen molar-refractivity contribution in [2.45, 2.75) is 58.9 Å². The first-order valence-corrected chi connectivity index (χ1v) is 11.0. The van der Waals surface area contributed by atoms with E-state index in [4.69, 9.17) is 0 Å². The molecule has 1 aromatic rings. The second-order valence-electron chi connectivity index (χ2n) is 8.26. The van der Waals surface area contributed by atoms with Gasteiger partial charge in [0.05, 0.1) is 16.7 Å². The van der Waals surface area contributed by atoms with Crippen molar-refractivity contribution >= 4 is 48.0 Å². The Hall–Kier alpha value is -0.890. The van der Waals surface area contributed by atoms with Crippen molar-refractivity contribution in [3.63, 3.8) is 0 Å². The molecule has 2 aliphatic heterocycles. The average molecular weight is 465 g/mol. The summed E-state index contributed by atoms with van der Waals surface area (Å²) in [6.45, 7) is 9.37. The lowest BCUT2D eigenvalue weighted by atomic mass is 9.97. The molecule has 1 aromatic heterocycles. The van der Waals surface area contributed by atoms with E-state index in [0.717, 1.165) is 67.3 Å². The molecule has 0 bridgehead atoms. The van der Waals surface area contributed by atoms with Crippen molar-refractivity contribution < 1.29 is 9.59 Å². The highest BCUT2D eigenvalue weighted by Gasteiger charge is 2.29. The van der Waals surface area contributed by atoms with Gasteiger partial charge in [0.1, 0.15) is 4.88 Å². The molecule has 6 nitrogen and oxygen atoms in total. The maximum atomic E-state index is 13.1. The van der Waals surface area contributed by atoms with Gasteiger partial charge in [-0.05, 0) is 57.4 Å². The summed E-state index contributed by atoms with van der Waals surface area (Å²) >= 11 is 1.51. The molecule has 2 aliphatic rings. The van der Waals surface area contributed by atoms with Crippen LogP contribution in [-0.4, -0.2) is 53.9 Å². The predicted molar refractivity (Wildman–Crippen MR) is 123 cm³/mol. The third-order valence-corrected chi connectivity index (χ3v) is 6.35. The summed E-state index contributed by atoms with van der Waals surface area (Å²) in [5.41, 5.74) is 0.945. The van der Waals surface area contributed by atoms with Gasteiger partial charge in [-0.2, -0.15) is 0 Å². The summed E-state index contributed by atoms with van der Waals surface area (Å²) in [7, 11) is 0. The van der Waals surface area contributed by atoms with Gasteiger partial charge in [-0.3, -0.25) is 9.59 Å². The van der Waals surface area contributed by atoms with E-state index in [1.807, 2.05) is 11.8 Å². The molecule has 2 unspecified atom stereocenters. The molecule has 2 atom stereocenters. The zero-order chi connectivity index (χ0) is 19.4. The third-order valence-electron chi connectivity index (χ3n) is 5.35. The highest BCUT2D eigenvalue weighted by molar-refractivity contribution is 7.13.